The first kappa shape index (κ1) is 13.6. The van der Waals surface area contributed by atoms with E-state index in [9.17, 15) is 9.18 Å². The van der Waals surface area contributed by atoms with E-state index in [0.717, 1.165) is 5.56 Å². The Morgan fingerprint density at radius 1 is 1.16 bits per heavy atom. The molecule has 0 saturated carbocycles. The third-order valence-corrected chi connectivity index (χ3v) is 3.15. The average molecular weight is 279 g/mol. The Bertz CT molecular complexity index is 638. The molecule has 0 aliphatic rings. The van der Waals surface area contributed by atoms with Crippen molar-refractivity contribution in [1.82, 2.24) is 0 Å². The maximum Gasteiger partial charge on any atom is 0.165 e. The highest BCUT2D eigenvalue weighted by Crippen LogP contribution is 2.29. The molecule has 0 amide bonds. The van der Waals surface area contributed by atoms with Crippen molar-refractivity contribution in [2.75, 3.05) is 7.11 Å². The number of ketones is 1. The summed E-state index contributed by atoms with van der Waals surface area (Å²) in [5.74, 6) is -0.348. The zero-order chi connectivity index (χ0) is 14.0. The smallest absolute Gasteiger partial charge is 0.165 e. The summed E-state index contributed by atoms with van der Waals surface area (Å²) >= 11 is 6.03. The molecule has 0 saturated heterocycles. The second kappa shape index (κ2) is 5.41. The molecule has 2 aromatic rings. The summed E-state index contributed by atoms with van der Waals surface area (Å²) in [4.78, 5) is 11.3. The molecule has 0 bridgehead atoms. The van der Waals surface area contributed by atoms with Crippen LogP contribution >= 0.6 is 11.6 Å². The summed E-state index contributed by atoms with van der Waals surface area (Å²) < 4.78 is 18.5. The Morgan fingerprint density at radius 2 is 1.79 bits per heavy atom. The fraction of sp³-hybridized carbons (Fsp3) is 0.133. The highest BCUT2D eigenvalue weighted by atomic mass is 35.5. The molecule has 0 aliphatic carbocycles. The van der Waals surface area contributed by atoms with Crippen LogP contribution < -0.4 is 4.74 Å². The van der Waals surface area contributed by atoms with Gasteiger partial charge < -0.3 is 4.74 Å². The van der Waals surface area contributed by atoms with Crippen LogP contribution in [0.15, 0.2) is 36.4 Å². The Morgan fingerprint density at radius 3 is 2.32 bits per heavy atom. The van der Waals surface area contributed by atoms with E-state index in [1.54, 1.807) is 30.3 Å². The molecule has 0 atom stereocenters. The third kappa shape index (κ3) is 2.76. The minimum atomic E-state index is -0.438. The Hall–Kier alpha value is -1.87. The standard InChI is InChI=1S/C15H12ClFO2/c1-9(18)12-5-3-10(7-13(12)16)11-4-6-15(19-2)14(17)8-11/h3-8H,1-2H3. The molecule has 2 rings (SSSR count). The molecule has 0 heterocycles. The largest absolute Gasteiger partial charge is 0.494 e. The van der Waals surface area contributed by atoms with Crippen LogP contribution in [0.25, 0.3) is 11.1 Å². The number of carbonyl (C=O) groups is 1. The monoisotopic (exact) mass is 278 g/mol. The van der Waals surface area contributed by atoms with E-state index in [1.807, 2.05) is 0 Å². The SMILES string of the molecule is COc1ccc(-c2ccc(C(C)=O)c(Cl)c2)cc1F. The van der Waals surface area contributed by atoms with Gasteiger partial charge in [-0.2, -0.15) is 0 Å². The maximum atomic E-state index is 13.6. The van der Waals surface area contributed by atoms with Crippen LogP contribution in [0.5, 0.6) is 5.75 Å². The molecule has 4 heteroatoms. The van der Waals surface area contributed by atoms with Crippen molar-refractivity contribution < 1.29 is 13.9 Å². The molecule has 98 valence electrons. The first-order valence-electron chi connectivity index (χ1n) is 5.67. The molecule has 0 radical (unpaired) electrons. The van der Waals surface area contributed by atoms with E-state index in [0.29, 0.717) is 16.1 Å². The first-order valence-corrected chi connectivity index (χ1v) is 6.05. The number of methoxy groups -OCH3 is 1. The molecule has 2 aromatic carbocycles. The summed E-state index contributed by atoms with van der Waals surface area (Å²) in [5.41, 5.74) is 1.88. The van der Waals surface area contributed by atoms with Gasteiger partial charge in [-0.25, -0.2) is 4.39 Å². The minimum absolute atomic E-state index is 0.0996. The number of hydrogen-bond donors (Lipinski definition) is 0. The first-order chi connectivity index (χ1) is 9.02. The number of halogens is 2. The number of ether oxygens (including phenoxy) is 1. The third-order valence-electron chi connectivity index (χ3n) is 2.83. The second-order valence-electron chi connectivity index (χ2n) is 4.10. The van der Waals surface area contributed by atoms with E-state index < -0.39 is 5.82 Å². The van der Waals surface area contributed by atoms with Crippen LogP contribution in [0.3, 0.4) is 0 Å². The van der Waals surface area contributed by atoms with E-state index in [1.165, 1.54) is 20.1 Å². The van der Waals surface area contributed by atoms with Gasteiger partial charge in [0.2, 0.25) is 0 Å². The van der Waals surface area contributed by atoms with Gasteiger partial charge in [0, 0.05) is 5.56 Å². The van der Waals surface area contributed by atoms with Crippen molar-refractivity contribution in [3.8, 4) is 16.9 Å². The van der Waals surface area contributed by atoms with Crippen molar-refractivity contribution in [3.63, 3.8) is 0 Å². The zero-order valence-corrected chi connectivity index (χ0v) is 11.3. The van der Waals surface area contributed by atoms with Gasteiger partial charge in [-0.15, -0.1) is 0 Å². The lowest BCUT2D eigenvalue weighted by atomic mass is 10.0. The molecular weight excluding hydrogens is 267 g/mol. The predicted octanol–water partition coefficient (Wildman–Crippen LogP) is 4.36. The summed E-state index contributed by atoms with van der Waals surface area (Å²) in [5, 5.41) is 0.362. The molecule has 0 aromatic heterocycles. The van der Waals surface area contributed by atoms with Crippen molar-refractivity contribution in [2.45, 2.75) is 6.92 Å². The Balaban J connectivity index is 2.45. The van der Waals surface area contributed by atoms with Crippen LogP contribution in [-0.2, 0) is 0 Å². The Labute approximate surface area is 115 Å². The van der Waals surface area contributed by atoms with Gasteiger partial charge >= 0.3 is 0 Å². The molecule has 0 spiro atoms. The number of rotatable bonds is 3. The van der Waals surface area contributed by atoms with Crippen LogP contribution in [0.4, 0.5) is 4.39 Å². The van der Waals surface area contributed by atoms with Gasteiger partial charge in [0.25, 0.3) is 0 Å². The Kier molecular flexibility index (Phi) is 3.86. The molecule has 2 nitrogen and oxygen atoms in total. The van der Waals surface area contributed by atoms with Crippen LogP contribution in [0.1, 0.15) is 17.3 Å². The number of carbonyl (C=O) groups excluding carboxylic acids is 1. The maximum absolute atomic E-state index is 13.6. The van der Waals surface area contributed by atoms with E-state index in [4.69, 9.17) is 16.3 Å². The van der Waals surface area contributed by atoms with Gasteiger partial charge in [-0.3, -0.25) is 4.79 Å². The molecule has 0 N–H and O–H groups in total. The topological polar surface area (TPSA) is 26.3 Å². The lowest BCUT2D eigenvalue weighted by molar-refractivity contribution is 0.101. The van der Waals surface area contributed by atoms with Crippen molar-refractivity contribution in [3.05, 3.63) is 52.8 Å². The van der Waals surface area contributed by atoms with Crippen molar-refractivity contribution >= 4 is 17.4 Å². The fourth-order valence-electron chi connectivity index (χ4n) is 1.83. The zero-order valence-electron chi connectivity index (χ0n) is 10.5. The van der Waals surface area contributed by atoms with Gasteiger partial charge in [0.15, 0.2) is 17.3 Å². The molecule has 0 fully saturated rings. The average Bonchev–Trinajstić information content (AvgIpc) is 2.38. The van der Waals surface area contributed by atoms with Crippen LogP contribution in [0, 0.1) is 5.82 Å². The molecule has 0 unspecified atom stereocenters. The number of Topliss-reactive ketones (excluding diaryl/α,β-unsaturated/α-hetero) is 1. The molecular formula is C15H12ClFO2. The number of benzene rings is 2. The summed E-state index contributed by atoms with van der Waals surface area (Å²) in [6.45, 7) is 1.45. The minimum Gasteiger partial charge on any atom is -0.494 e. The van der Waals surface area contributed by atoms with Crippen molar-refractivity contribution in [2.24, 2.45) is 0 Å². The van der Waals surface area contributed by atoms with E-state index >= 15 is 0 Å². The molecule has 19 heavy (non-hydrogen) atoms. The lowest BCUT2D eigenvalue weighted by Gasteiger charge is -2.07. The quantitative estimate of drug-likeness (QED) is 0.780. The highest BCUT2D eigenvalue weighted by Gasteiger charge is 2.09. The predicted molar refractivity (Wildman–Crippen MR) is 73.4 cm³/mol. The number of hydrogen-bond acceptors (Lipinski definition) is 2. The summed E-state index contributed by atoms with van der Waals surface area (Å²) in [6, 6.07) is 9.70. The summed E-state index contributed by atoms with van der Waals surface area (Å²) in [7, 11) is 1.41. The highest BCUT2D eigenvalue weighted by molar-refractivity contribution is 6.34. The molecule has 0 aliphatic heterocycles. The van der Waals surface area contributed by atoms with Crippen LogP contribution in [-0.4, -0.2) is 12.9 Å². The van der Waals surface area contributed by atoms with Gasteiger partial charge in [0.05, 0.1) is 12.1 Å². The van der Waals surface area contributed by atoms with E-state index in [-0.39, 0.29) is 11.5 Å². The summed E-state index contributed by atoms with van der Waals surface area (Å²) in [6.07, 6.45) is 0. The lowest BCUT2D eigenvalue weighted by Crippen LogP contribution is -1.94. The fourth-order valence-corrected chi connectivity index (χ4v) is 2.14. The van der Waals surface area contributed by atoms with Crippen molar-refractivity contribution in [1.29, 1.82) is 0 Å². The second-order valence-corrected chi connectivity index (χ2v) is 4.51. The van der Waals surface area contributed by atoms with Gasteiger partial charge in [-0.1, -0.05) is 23.7 Å². The van der Waals surface area contributed by atoms with Crippen LogP contribution in [0.2, 0.25) is 5.02 Å². The normalized spacial score (nSPS) is 10.3. The van der Waals surface area contributed by atoms with Gasteiger partial charge in [-0.05, 0) is 42.3 Å². The van der Waals surface area contributed by atoms with Gasteiger partial charge in [0.1, 0.15) is 0 Å². The van der Waals surface area contributed by atoms with E-state index in [2.05, 4.69) is 0 Å².